The number of rotatable bonds is 7. The largest absolute Gasteiger partial charge is 0.490 e. The second kappa shape index (κ2) is 9.17. The van der Waals surface area contributed by atoms with E-state index in [1.54, 1.807) is 10.6 Å². The quantitative estimate of drug-likeness (QED) is 0.727. The highest BCUT2D eigenvalue weighted by molar-refractivity contribution is 5.57. The molecule has 2 aromatic rings. The van der Waals surface area contributed by atoms with Gasteiger partial charge in [-0.3, -0.25) is 4.79 Å². The first-order valence-electron chi connectivity index (χ1n) is 10.5. The summed E-state index contributed by atoms with van der Waals surface area (Å²) < 4.78 is 18.9. The van der Waals surface area contributed by atoms with Crippen molar-refractivity contribution in [3.8, 4) is 23.3 Å². The third kappa shape index (κ3) is 4.24. The van der Waals surface area contributed by atoms with E-state index in [0.29, 0.717) is 48.1 Å². The van der Waals surface area contributed by atoms with Crippen LogP contribution in [0.1, 0.15) is 50.4 Å². The predicted octanol–water partition coefficient (Wildman–Crippen LogP) is 3.83. The molecular weight excluding hydrogens is 394 g/mol. The molecule has 1 aliphatic rings. The standard InChI is InChI=1S/C24H29N3O4/c1-6-29-18-9-8-16(11-19(18)30-7-2)21-17(12-25)23(26)31-20-10-15(5)27(13-14(3)4)24(28)22(20)21/h8-11,14,21H,6-7,13,26H2,1-5H3/t21-/m1/s1. The Hall–Kier alpha value is -3.40. The van der Waals surface area contributed by atoms with Gasteiger partial charge in [-0.1, -0.05) is 19.9 Å². The summed E-state index contributed by atoms with van der Waals surface area (Å²) in [6, 6.07) is 9.40. The summed E-state index contributed by atoms with van der Waals surface area (Å²) in [6.07, 6.45) is 0. The minimum Gasteiger partial charge on any atom is -0.490 e. The van der Waals surface area contributed by atoms with Crippen molar-refractivity contribution in [3.63, 3.8) is 0 Å². The molecule has 0 bridgehead atoms. The highest BCUT2D eigenvalue weighted by atomic mass is 16.5. The Morgan fingerprint density at radius 1 is 1.19 bits per heavy atom. The van der Waals surface area contributed by atoms with E-state index in [0.717, 1.165) is 5.69 Å². The van der Waals surface area contributed by atoms with Gasteiger partial charge in [0.2, 0.25) is 5.88 Å². The zero-order valence-corrected chi connectivity index (χ0v) is 18.7. The Labute approximate surface area is 182 Å². The Balaban J connectivity index is 2.26. The van der Waals surface area contributed by atoms with Crippen LogP contribution in [-0.4, -0.2) is 17.8 Å². The van der Waals surface area contributed by atoms with Crippen molar-refractivity contribution in [1.82, 2.24) is 4.57 Å². The molecule has 164 valence electrons. The molecule has 7 nitrogen and oxygen atoms in total. The van der Waals surface area contributed by atoms with E-state index in [-0.39, 0.29) is 22.9 Å². The zero-order chi connectivity index (χ0) is 22.7. The Morgan fingerprint density at radius 3 is 2.48 bits per heavy atom. The highest BCUT2D eigenvalue weighted by Gasteiger charge is 2.35. The summed E-state index contributed by atoms with van der Waals surface area (Å²) in [5, 5.41) is 9.86. The van der Waals surface area contributed by atoms with Crippen LogP contribution in [0.3, 0.4) is 0 Å². The molecule has 1 aromatic heterocycles. The minimum atomic E-state index is -0.657. The molecule has 3 rings (SSSR count). The lowest BCUT2D eigenvalue weighted by molar-refractivity contribution is 0.287. The number of aromatic nitrogens is 1. The highest BCUT2D eigenvalue weighted by Crippen LogP contribution is 2.42. The summed E-state index contributed by atoms with van der Waals surface area (Å²) in [7, 11) is 0. The summed E-state index contributed by atoms with van der Waals surface area (Å²) in [5.74, 6) is 1.18. The number of nitrogens with two attached hydrogens (primary N) is 1. The smallest absolute Gasteiger partial charge is 0.258 e. The monoisotopic (exact) mass is 423 g/mol. The molecule has 0 radical (unpaired) electrons. The number of ether oxygens (including phenoxy) is 3. The molecule has 31 heavy (non-hydrogen) atoms. The van der Waals surface area contributed by atoms with E-state index in [1.807, 2.05) is 39.0 Å². The van der Waals surface area contributed by atoms with Crippen molar-refractivity contribution in [2.24, 2.45) is 11.7 Å². The minimum absolute atomic E-state index is 0.00672. The Morgan fingerprint density at radius 2 is 1.87 bits per heavy atom. The number of aryl methyl sites for hydroxylation is 1. The maximum Gasteiger partial charge on any atom is 0.258 e. The SMILES string of the molecule is CCOc1ccc([C@@H]2C(C#N)=C(N)Oc3cc(C)n(CC(C)C)c(=O)c32)cc1OCC. The topological polar surface area (TPSA) is 99.5 Å². The van der Waals surface area contributed by atoms with Gasteiger partial charge >= 0.3 is 0 Å². The molecule has 0 unspecified atom stereocenters. The van der Waals surface area contributed by atoms with Crippen LogP contribution < -0.4 is 25.5 Å². The summed E-state index contributed by atoms with van der Waals surface area (Å²) >= 11 is 0. The molecular formula is C24H29N3O4. The number of benzene rings is 1. The van der Waals surface area contributed by atoms with Crippen molar-refractivity contribution < 1.29 is 14.2 Å². The van der Waals surface area contributed by atoms with E-state index in [4.69, 9.17) is 19.9 Å². The van der Waals surface area contributed by atoms with Gasteiger partial charge in [-0.25, -0.2) is 0 Å². The van der Waals surface area contributed by atoms with E-state index in [1.165, 1.54) is 0 Å². The molecule has 0 spiro atoms. The van der Waals surface area contributed by atoms with Crippen molar-refractivity contribution >= 4 is 0 Å². The fourth-order valence-electron chi connectivity index (χ4n) is 3.86. The van der Waals surface area contributed by atoms with Crippen LogP contribution in [0, 0.1) is 24.2 Å². The molecule has 2 heterocycles. The van der Waals surface area contributed by atoms with E-state index in [9.17, 15) is 10.1 Å². The number of hydrogen-bond donors (Lipinski definition) is 1. The van der Waals surface area contributed by atoms with Crippen LogP contribution in [-0.2, 0) is 6.54 Å². The fourth-order valence-corrected chi connectivity index (χ4v) is 3.86. The van der Waals surface area contributed by atoms with E-state index in [2.05, 4.69) is 19.9 Å². The first-order chi connectivity index (χ1) is 14.8. The average molecular weight is 424 g/mol. The summed E-state index contributed by atoms with van der Waals surface area (Å²) in [4.78, 5) is 13.6. The lowest BCUT2D eigenvalue weighted by Crippen LogP contribution is -2.33. The van der Waals surface area contributed by atoms with Crippen molar-refractivity contribution in [3.05, 3.63) is 62.9 Å². The van der Waals surface area contributed by atoms with Crippen LogP contribution in [0.4, 0.5) is 0 Å². The van der Waals surface area contributed by atoms with Gasteiger partial charge in [0.05, 0.1) is 24.7 Å². The predicted molar refractivity (Wildman–Crippen MR) is 118 cm³/mol. The number of fused-ring (bicyclic) bond motifs is 1. The van der Waals surface area contributed by atoms with Crippen molar-refractivity contribution in [1.29, 1.82) is 5.26 Å². The number of hydrogen-bond acceptors (Lipinski definition) is 6. The molecule has 0 amide bonds. The van der Waals surface area contributed by atoms with Crippen molar-refractivity contribution in [2.45, 2.75) is 47.1 Å². The second-order valence-electron chi connectivity index (χ2n) is 7.87. The van der Waals surface area contributed by atoms with Crippen LogP contribution >= 0.6 is 0 Å². The van der Waals surface area contributed by atoms with Gasteiger partial charge in [-0.05, 0) is 44.4 Å². The van der Waals surface area contributed by atoms with Crippen molar-refractivity contribution in [2.75, 3.05) is 13.2 Å². The van der Waals surface area contributed by atoms with E-state index >= 15 is 0 Å². The first kappa shape index (κ1) is 22.3. The molecule has 7 heteroatoms. The van der Waals surface area contributed by atoms with Gasteiger partial charge < -0.3 is 24.5 Å². The summed E-state index contributed by atoms with van der Waals surface area (Å²) in [6.45, 7) is 11.3. The normalized spacial score (nSPS) is 15.3. The van der Waals surface area contributed by atoms with Crippen LogP contribution in [0.15, 0.2) is 40.5 Å². The van der Waals surface area contributed by atoms with Crippen LogP contribution in [0.2, 0.25) is 0 Å². The molecule has 0 fully saturated rings. The fraction of sp³-hybridized carbons (Fsp3) is 0.417. The number of nitrogens with zero attached hydrogens (tertiary/aromatic N) is 2. The molecule has 1 aliphatic heterocycles. The molecule has 0 saturated carbocycles. The Kier molecular flexibility index (Phi) is 6.59. The van der Waals surface area contributed by atoms with Gasteiger partial charge in [0.15, 0.2) is 11.5 Å². The van der Waals surface area contributed by atoms with Gasteiger partial charge in [-0.15, -0.1) is 0 Å². The average Bonchev–Trinajstić information content (AvgIpc) is 2.71. The second-order valence-corrected chi connectivity index (χ2v) is 7.87. The maximum atomic E-state index is 13.6. The molecule has 0 aliphatic carbocycles. The third-order valence-corrected chi connectivity index (χ3v) is 5.14. The van der Waals surface area contributed by atoms with Gasteiger partial charge in [0.1, 0.15) is 17.4 Å². The molecule has 0 saturated heterocycles. The third-order valence-electron chi connectivity index (χ3n) is 5.14. The summed E-state index contributed by atoms with van der Waals surface area (Å²) in [5.41, 5.74) is 8.03. The first-order valence-corrected chi connectivity index (χ1v) is 10.5. The molecule has 2 N–H and O–H groups in total. The Bertz CT molecular complexity index is 1110. The number of pyridine rings is 1. The zero-order valence-electron chi connectivity index (χ0n) is 18.7. The van der Waals surface area contributed by atoms with Gasteiger partial charge in [0, 0.05) is 18.3 Å². The molecule has 1 aromatic carbocycles. The van der Waals surface area contributed by atoms with Crippen LogP contribution in [0.5, 0.6) is 17.2 Å². The van der Waals surface area contributed by atoms with Gasteiger partial charge in [-0.2, -0.15) is 5.26 Å². The lowest BCUT2D eigenvalue weighted by Gasteiger charge is -2.28. The van der Waals surface area contributed by atoms with Crippen LogP contribution in [0.25, 0.3) is 0 Å². The maximum absolute atomic E-state index is 13.6. The number of nitriles is 1. The number of allylic oxidation sites excluding steroid dienone is 1. The van der Waals surface area contributed by atoms with Gasteiger partial charge in [0.25, 0.3) is 5.56 Å². The molecule has 1 atom stereocenters. The lowest BCUT2D eigenvalue weighted by atomic mass is 9.83. The van der Waals surface area contributed by atoms with E-state index < -0.39 is 5.92 Å².